The van der Waals surface area contributed by atoms with Gasteiger partial charge in [0.15, 0.2) is 0 Å². The van der Waals surface area contributed by atoms with Crippen LogP contribution in [0.25, 0.3) is 22.4 Å². The van der Waals surface area contributed by atoms with E-state index in [9.17, 15) is 8.42 Å². The highest BCUT2D eigenvalue weighted by molar-refractivity contribution is 7.92. The van der Waals surface area contributed by atoms with Crippen LogP contribution in [0.5, 0.6) is 11.5 Å². The lowest BCUT2D eigenvalue weighted by atomic mass is 10.1. The van der Waals surface area contributed by atoms with Crippen LogP contribution in [0, 0.1) is 0 Å². The Bertz CT molecular complexity index is 1800. The van der Waals surface area contributed by atoms with Gasteiger partial charge in [0.05, 0.1) is 23.2 Å². The van der Waals surface area contributed by atoms with Crippen molar-refractivity contribution in [1.82, 2.24) is 14.9 Å². The Hall–Kier alpha value is -4.54. The first-order valence-corrected chi connectivity index (χ1v) is 16.4. The van der Waals surface area contributed by atoms with Gasteiger partial charge in [0.2, 0.25) is 0 Å². The molecule has 2 heterocycles. The Morgan fingerprint density at radius 3 is 2.25 bits per heavy atom. The van der Waals surface area contributed by atoms with Crippen molar-refractivity contribution in [2.45, 2.75) is 18.2 Å². The molecule has 0 bridgehead atoms. The molecule has 228 valence electrons. The summed E-state index contributed by atoms with van der Waals surface area (Å²) in [6.45, 7) is 7.21. The average Bonchev–Trinajstić information content (AvgIpc) is 3.51. The van der Waals surface area contributed by atoms with Crippen LogP contribution in [0.4, 0.5) is 11.4 Å². The molecule has 1 saturated heterocycles. The molecule has 44 heavy (non-hydrogen) atoms. The number of hydrogen-bond acceptors (Lipinski definition) is 7. The molecule has 0 unspecified atom stereocenters. The molecule has 1 fully saturated rings. The van der Waals surface area contributed by atoms with Gasteiger partial charge in [-0.2, -0.15) is 0 Å². The number of aromatic nitrogens is 2. The lowest BCUT2D eigenvalue weighted by Crippen LogP contribution is -2.47. The van der Waals surface area contributed by atoms with E-state index in [-0.39, 0.29) is 4.90 Å². The van der Waals surface area contributed by atoms with Crippen LogP contribution < -0.4 is 19.1 Å². The molecule has 1 aromatic heterocycles. The molecule has 5 aromatic rings. The SMILES string of the molecule is CCc1ccc(-c2nc3c(N4CCN(CCOc5ccc(NS(=O)(=O)c6ccc(OC)cc6)cc5)CC4)cccc3[nH]2)cc1. The molecule has 0 saturated carbocycles. The Morgan fingerprint density at radius 2 is 1.57 bits per heavy atom. The zero-order valence-electron chi connectivity index (χ0n) is 25.0. The van der Waals surface area contributed by atoms with E-state index in [0.717, 1.165) is 67.3 Å². The van der Waals surface area contributed by atoms with Crippen molar-refractivity contribution < 1.29 is 17.9 Å². The molecule has 0 spiro atoms. The van der Waals surface area contributed by atoms with Crippen LogP contribution in [0.2, 0.25) is 0 Å². The highest BCUT2D eigenvalue weighted by Crippen LogP contribution is 2.29. The molecular formula is C34H37N5O4S. The molecule has 0 aliphatic carbocycles. The van der Waals surface area contributed by atoms with Crippen molar-refractivity contribution in [1.29, 1.82) is 0 Å². The second-order valence-electron chi connectivity index (χ2n) is 10.8. The molecule has 4 aromatic carbocycles. The molecule has 9 nitrogen and oxygen atoms in total. The van der Waals surface area contributed by atoms with E-state index in [0.29, 0.717) is 23.8 Å². The summed E-state index contributed by atoms with van der Waals surface area (Å²) in [5.74, 6) is 2.19. The number of piperazine rings is 1. The minimum absolute atomic E-state index is 0.169. The fourth-order valence-electron chi connectivity index (χ4n) is 5.40. The van der Waals surface area contributed by atoms with Gasteiger partial charge in [-0.25, -0.2) is 13.4 Å². The highest BCUT2D eigenvalue weighted by Gasteiger charge is 2.20. The van der Waals surface area contributed by atoms with Crippen molar-refractivity contribution in [2.75, 3.05) is 56.1 Å². The van der Waals surface area contributed by atoms with Gasteiger partial charge in [-0.3, -0.25) is 9.62 Å². The van der Waals surface area contributed by atoms with Gasteiger partial charge in [0.25, 0.3) is 10.0 Å². The third-order valence-electron chi connectivity index (χ3n) is 7.99. The van der Waals surface area contributed by atoms with Gasteiger partial charge in [-0.15, -0.1) is 0 Å². The number of ether oxygens (including phenoxy) is 2. The number of nitrogens with zero attached hydrogens (tertiary/aromatic N) is 3. The van der Waals surface area contributed by atoms with Gasteiger partial charge < -0.3 is 19.4 Å². The Morgan fingerprint density at radius 1 is 0.864 bits per heavy atom. The Kier molecular flexibility index (Phi) is 8.72. The molecule has 1 aliphatic heterocycles. The highest BCUT2D eigenvalue weighted by atomic mass is 32.2. The topological polar surface area (TPSA) is 99.8 Å². The maximum Gasteiger partial charge on any atom is 0.261 e. The number of para-hydroxylation sites is 1. The van der Waals surface area contributed by atoms with Crippen LogP contribution in [0.1, 0.15) is 12.5 Å². The number of anilines is 2. The summed E-state index contributed by atoms with van der Waals surface area (Å²) in [6, 6.07) is 28.2. The van der Waals surface area contributed by atoms with Crippen molar-refractivity contribution in [3.63, 3.8) is 0 Å². The first kappa shape index (κ1) is 29.5. The standard InChI is InChI=1S/C34H37N5O4S/c1-3-25-7-9-26(10-8-25)34-35-31-5-4-6-32(33(31)36-34)39-21-19-38(20-22-39)23-24-43-29-13-11-27(12-14-29)37-44(40,41)30-17-15-28(42-2)16-18-30/h4-18,37H,3,19-24H2,1-2H3,(H,35,36). The summed E-state index contributed by atoms with van der Waals surface area (Å²) in [6.07, 6.45) is 1.02. The molecule has 10 heteroatoms. The van der Waals surface area contributed by atoms with Crippen LogP contribution in [-0.2, 0) is 16.4 Å². The van der Waals surface area contributed by atoms with E-state index < -0.39 is 10.0 Å². The minimum atomic E-state index is -3.70. The number of sulfonamides is 1. The Balaban J connectivity index is 0.992. The predicted octanol–water partition coefficient (Wildman–Crippen LogP) is 5.80. The molecule has 6 rings (SSSR count). The van der Waals surface area contributed by atoms with E-state index in [1.54, 1.807) is 36.4 Å². The second kappa shape index (κ2) is 13.0. The first-order valence-electron chi connectivity index (χ1n) is 14.9. The van der Waals surface area contributed by atoms with Gasteiger partial charge in [0, 0.05) is 44.0 Å². The van der Waals surface area contributed by atoms with Crippen molar-refractivity contribution in [3.05, 3.63) is 96.6 Å². The van der Waals surface area contributed by atoms with Crippen molar-refractivity contribution in [3.8, 4) is 22.9 Å². The number of aromatic amines is 1. The predicted molar refractivity (Wildman–Crippen MR) is 175 cm³/mol. The van der Waals surface area contributed by atoms with E-state index in [1.165, 1.54) is 24.8 Å². The van der Waals surface area contributed by atoms with E-state index in [1.807, 2.05) is 0 Å². The number of rotatable bonds is 11. The quantitative estimate of drug-likeness (QED) is 0.195. The molecule has 0 amide bonds. The number of imidazole rings is 1. The summed E-state index contributed by atoms with van der Waals surface area (Å²) in [5.41, 5.74) is 6.10. The number of hydrogen-bond donors (Lipinski definition) is 2. The lowest BCUT2D eigenvalue weighted by molar-refractivity contribution is 0.200. The van der Waals surface area contributed by atoms with E-state index in [4.69, 9.17) is 14.5 Å². The summed E-state index contributed by atoms with van der Waals surface area (Å²) in [4.78, 5) is 13.5. The molecule has 0 radical (unpaired) electrons. The Labute approximate surface area is 258 Å². The van der Waals surface area contributed by atoms with E-state index in [2.05, 4.69) is 68.9 Å². The van der Waals surface area contributed by atoms with Gasteiger partial charge >= 0.3 is 0 Å². The average molecular weight is 612 g/mol. The molecule has 2 N–H and O–H groups in total. The smallest absolute Gasteiger partial charge is 0.261 e. The number of aryl methyl sites for hydroxylation is 1. The lowest BCUT2D eigenvalue weighted by Gasteiger charge is -2.36. The summed E-state index contributed by atoms with van der Waals surface area (Å²) in [5, 5.41) is 0. The maximum absolute atomic E-state index is 12.7. The van der Waals surface area contributed by atoms with Gasteiger partial charge in [-0.1, -0.05) is 37.3 Å². The molecular weight excluding hydrogens is 574 g/mol. The zero-order chi connectivity index (χ0) is 30.5. The minimum Gasteiger partial charge on any atom is -0.497 e. The first-order chi connectivity index (χ1) is 21.4. The van der Waals surface area contributed by atoms with E-state index >= 15 is 0 Å². The number of nitrogens with one attached hydrogen (secondary N) is 2. The van der Waals surface area contributed by atoms with Crippen LogP contribution in [-0.4, -0.2) is 69.7 Å². The fourth-order valence-corrected chi connectivity index (χ4v) is 6.46. The fraction of sp³-hybridized carbons (Fsp3) is 0.265. The van der Waals surface area contributed by atoms with Crippen LogP contribution in [0.3, 0.4) is 0 Å². The van der Waals surface area contributed by atoms with Crippen molar-refractivity contribution in [2.24, 2.45) is 0 Å². The molecule has 0 atom stereocenters. The van der Waals surface area contributed by atoms with Crippen LogP contribution >= 0.6 is 0 Å². The van der Waals surface area contributed by atoms with Gasteiger partial charge in [0.1, 0.15) is 29.4 Å². The number of H-pyrrole nitrogens is 1. The number of fused-ring (bicyclic) bond motifs is 1. The third kappa shape index (κ3) is 6.66. The maximum atomic E-state index is 12.7. The summed E-state index contributed by atoms with van der Waals surface area (Å²) < 4.78 is 39.1. The van der Waals surface area contributed by atoms with Gasteiger partial charge in [-0.05, 0) is 72.6 Å². The monoisotopic (exact) mass is 611 g/mol. The van der Waals surface area contributed by atoms with Crippen molar-refractivity contribution >= 4 is 32.4 Å². The third-order valence-corrected chi connectivity index (χ3v) is 9.39. The largest absolute Gasteiger partial charge is 0.497 e. The number of benzene rings is 4. The number of methoxy groups -OCH3 is 1. The second-order valence-corrected chi connectivity index (χ2v) is 12.5. The zero-order valence-corrected chi connectivity index (χ0v) is 25.8. The van der Waals surface area contributed by atoms with Crippen LogP contribution in [0.15, 0.2) is 95.9 Å². The molecule has 1 aliphatic rings. The summed E-state index contributed by atoms with van der Waals surface area (Å²) >= 11 is 0. The summed E-state index contributed by atoms with van der Waals surface area (Å²) in [7, 11) is -2.16. The normalized spacial score (nSPS) is 14.1.